The molecule has 5 heteroatoms. The summed E-state index contributed by atoms with van der Waals surface area (Å²) in [6.07, 6.45) is 0.610. The van der Waals surface area contributed by atoms with E-state index < -0.39 is 5.97 Å². The molecule has 18 heavy (non-hydrogen) atoms. The van der Waals surface area contributed by atoms with E-state index in [1.807, 2.05) is 11.8 Å². The van der Waals surface area contributed by atoms with Gasteiger partial charge in [-0.05, 0) is 38.1 Å². The number of halogens is 2. The Labute approximate surface area is 110 Å². The van der Waals surface area contributed by atoms with E-state index >= 15 is 0 Å². The van der Waals surface area contributed by atoms with Gasteiger partial charge in [-0.1, -0.05) is 11.6 Å². The number of hydrogen-bond acceptors (Lipinski definition) is 2. The van der Waals surface area contributed by atoms with Crippen molar-refractivity contribution in [3.05, 3.63) is 34.6 Å². The minimum Gasteiger partial charge on any atom is -0.481 e. The average molecular weight is 272 g/mol. The lowest BCUT2D eigenvalue weighted by Gasteiger charge is -2.23. The van der Waals surface area contributed by atoms with E-state index in [-0.39, 0.29) is 17.8 Å². The van der Waals surface area contributed by atoms with Crippen molar-refractivity contribution in [2.45, 2.75) is 25.9 Å². The molecule has 1 saturated heterocycles. The summed E-state index contributed by atoms with van der Waals surface area (Å²) in [5.74, 6) is -1.45. The SMILES string of the molecule is CC1C(C(=O)O)CCN1Cc1cc(Cl)ccc1F. The van der Waals surface area contributed by atoms with E-state index in [1.54, 1.807) is 6.07 Å². The Kier molecular flexibility index (Phi) is 3.88. The van der Waals surface area contributed by atoms with Crippen LogP contribution < -0.4 is 0 Å². The first-order valence-electron chi connectivity index (χ1n) is 5.90. The lowest BCUT2D eigenvalue weighted by molar-refractivity contribution is -0.142. The molecule has 2 atom stereocenters. The lowest BCUT2D eigenvalue weighted by Crippen LogP contribution is -2.32. The van der Waals surface area contributed by atoms with Crippen LogP contribution in [-0.4, -0.2) is 28.6 Å². The van der Waals surface area contributed by atoms with Crippen LogP contribution in [0.1, 0.15) is 18.9 Å². The Morgan fingerprint density at radius 2 is 2.33 bits per heavy atom. The smallest absolute Gasteiger partial charge is 0.308 e. The van der Waals surface area contributed by atoms with Gasteiger partial charge in [-0.15, -0.1) is 0 Å². The van der Waals surface area contributed by atoms with Gasteiger partial charge in [0, 0.05) is 23.2 Å². The zero-order valence-electron chi connectivity index (χ0n) is 10.1. The Hall–Kier alpha value is -1.13. The number of carbonyl (C=O) groups is 1. The van der Waals surface area contributed by atoms with Crippen molar-refractivity contribution in [2.75, 3.05) is 6.54 Å². The van der Waals surface area contributed by atoms with Crippen molar-refractivity contribution in [1.29, 1.82) is 0 Å². The van der Waals surface area contributed by atoms with Crippen molar-refractivity contribution in [1.82, 2.24) is 4.90 Å². The number of carboxylic acids is 1. The third-order valence-corrected chi connectivity index (χ3v) is 3.82. The Morgan fingerprint density at radius 3 is 2.94 bits per heavy atom. The molecule has 0 amide bonds. The quantitative estimate of drug-likeness (QED) is 0.919. The standard InChI is InChI=1S/C13H15ClFNO2/c1-8-11(13(17)18)4-5-16(8)7-9-6-10(14)2-3-12(9)15/h2-3,6,8,11H,4-5,7H2,1H3,(H,17,18). The molecule has 0 aromatic heterocycles. The largest absolute Gasteiger partial charge is 0.481 e. The van der Waals surface area contributed by atoms with Crippen LogP contribution >= 0.6 is 11.6 Å². The first kappa shape index (κ1) is 13.3. The second kappa shape index (κ2) is 5.24. The molecule has 0 radical (unpaired) electrons. The molecule has 1 heterocycles. The van der Waals surface area contributed by atoms with Crippen LogP contribution in [0.5, 0.6) is 0 Å². The number of hydrogen-bond donors (Lipinski definition) is 1. The van der Waals surface area contributed by atoms with E-state index in [0.717, 1.165) is 0 Å². The summed E-state index contributed by atoms with van der Waals surface area (Å²) in [6, 6.07) is 4.36. The fourth-order valence-electron chi connectivity index (χ4n) is 2.44. The normalized spacial score (nSPS) is 24.4. The third-order valence-electron chi connectivity index (χ3n) is 3.58. The van der Waals surface area contributed by atoms with Crippen LogP contribution in [0.3, 0.4) is 0 Å². The minimum atomic E-state index is -0.781. The van der Waals surface area contributed by atoms with Gasteiger partial charge in [-0.2, -0.15) is 0 Å². The molecule has 1 aliphatic rings. The molecular weight excluding hydrogens is 257 g/mol. The van der Waals surface area contributed by atoms with E-state index in [0.29, 0.717) is 30.1 Å². The van der Waals surface area contributed by atoms with Crippen LogP contribution in [0.2, 0.25) is 5.02 Å². The number of nitrogens with zero attached hydrogens (tertiary/aromatic N) is 1. The average Bonchev–Trinajstić information content (AvgIpc) is 2.66. The van der Waals surface area contributed by atoms with Gasteiger partial charge in [0.1, 0.15) is 5.82 Å². The van der Waals surface area contributed by atoms with Crippen LogP contribution in [-0.2, 0) is 11.3 Å². The zero-order chi connectivity index (χ0) is 13.3. The van der Waals surface area contributed by atoms with E-state index in [4.69, 9.17) is 16.7 Å². The molecule has 1 fully saturated rings. The summed E-state index contributed by atoms with van der Waals surface area (Å²) < 4.78 is 13.6. The van der Waals surface area contributed by atoms with Crippen LogP contribution in [0.4, 0.5) is 4.39 Å². The van der Waals surface area contributed by atoms with Crippen LogP contribution in [0.25, 0.3) is 0 Å². The monoisotopic (exact) mass is 271 g/mol. The predicted octanol–water partition coefficient (Wildman–Crippen LogP) is 2.77. The summed E-state index contributed by atoms with van der Waals surface area (Å²) >= 11 is 5.84. The molecule has 1 N–H and O–H groups in total. The molecule has 1 aliphatic heterocycles. The van der Waals surface area contributed by atoms with Crippen LogP contribution in [0.15, 0.2) is 18.2 Å². The van der Waals surface area contributed by atoms with Crippen molar-refractivity contribution in [3.8, 4) is 0 Å². The second-order valence-corrected chi connectivity index (χ2v) is 5.12. The maximum absolute atomic E-state index is 13.6. The van der Waals surface area contributed by atoms with E-state index in [1.165, 1.54) is 12.1 Å². The summed E-state index contributed by atoms with van der Waals surface area (Å²) in [7, 11) is 0. The molecular formula is C13H15ClFNO2. The first-order chi connectivity index (χ1) is 8.49. The topological polar surface area (TPSA) is 40.5 Å². The summed E-state index contributed by atoms with van der Waals surface area (Å²) in [5, 5.41) is 9.54. The Balaban J connectivity index is 2.11. The van der Waals surface area contributed by atoms with Gasteiger partial charge >= 0.3 is 5.97 Å². The fraction of sp³-hybridized carbons (Fsp3) is 0.462. The number of carboxylic acid groups (broad SMARTS) is 1. The molecule has 2 rings (SSSR count). The predicted molar refractivity (Wildman–Crippen MR) is 67.0 cm³/mol. The van der Waals surface area contributed by atoms with Crippen molar-refractivity contribution in [2.24, 2.45) is 5.92 Å². The second-order valence-electron chi connectivity index (χ2n) is 4.68. The highest BCUT2D eigenvalue weighted by Crippen LogP contribution is 2.27. The molecule has 1 aromatic carbocycles. The van der Waals surface area contributed by atoms with Gasteiger partial charge in [-0.3, -0.25) is 9.69 Å². The number of likely N-dealkylation sites (tertiary alicyclic amines) is 1. The van der Waals surface area contributed by atoms with Gasteiger partial charge in [0.15, 0.2) is 0 Å². The lowest BCUT2D eigenvalue weighted by atomic mass is 10.0. The number of aliphatic carboxylic acids is 1. The molecule has 0 bridgehead atoms. The summed E-state index contributed by atoms with van der Waals surface area (Å²) in [4.78, 5) is 13.0. The Bertz CT molecular complexity index is 466. The third kappa shape index (κ3) is 2.65. The highest BCUT2D eigenvalue weighted by atomic mass is 35.5. The number of rotatable bonds is 3. The Morgan fingerprint density at radius 1 is 1.61 bits per heavy atom. The zero-order valence-corrected chi connectivity index (χ0v) is 10.8. The molecule has 2 unspecified atom stereocenters. The van der Waals surface area contributed by atoms with Gasteiger partial charge < -0.3 is 5.11 Å². The summed E-state index contributed by atoms with van der Waals surface area (Å²) in [6.45, 7) is 2.94. The molecule has 0 aliphatic carbocycles. The molecule has 98 valence electrons. The van der Waals surface area contributed by atoms with E-state index in [2.05, 4.69) is 0 Å². The fourth-order valence-corrected chi connectivity index (χ4v) is 2.64. The maximum Gasteiger partial charge on any atom is 0.308 e. The van der Waals surface area contributed by atoms with Crippen LogP contribution in [0, 0.1) is 11.7 Å². The highest BCUT2D eigenvalue weighted by Gasteiger charge is 2.35. The molecule has 3 nitrogen and oxygen atoms in total. The van der Waals surface area contributed by atoms with Crippen molar-refractivity contribution in [3.63, 3.8) is 0 Å². The summed E-state index contributed by atoms with van der Waals surface area (Å²) in [5.41, 5.74) is 0.514. The van der Waals surface area contributed by atoms with Crippen molar-refractivity contribution < 1.29 is 14.3 Å². The van der Waals surface area contributed by atoms with Gasteiger partial charge in [-0.25, -0.2) is 4.39 Å². The van der Waals surface area contributed by atoms with E-state index in [9.17, 15) is 9.18 Å². The minimum absolute atomic E-state index is 0.0825. The first-order valence-corrected chi connectivity index (χ1v) is 6.27. The molecule has 1 aromatic rings. The highest BCUT2D eigenvalue weighted by molar-refractivity contribution is 6.30. The van der Waals surface area contributed by atoms with Gasteiger partial charge in [0.05, 0.1) is 5.92 Å². The molecule has 0 saturated carbocycles. The van der Waals surface area contributed by atoms with Crippen molar-refractivity contribution >= 4 is 17.6 Å². The molecule has 0 spiro atoms. The number of benzene rings is 1. The van der Waals surface area contributed by atoms with Gasteiger partial charge in [0.2, 0.25) is 0 Å². The van der Waals surface area contributed by atoms with Gasteiger partial charge in [0.25, 0.3) is 0 Å². The maximum atomic E-state index is 13.6.